The molecule has 2 aromatic rings. The molecule has 1 atom stereocenters. The van der Waals surface area contributed by atoms with E-state index in [1.165, 1.54) is 11.3 Å². The van der Waals surface area contributed by atoms with Gasteiger partial charge >= 0.3 is 0 Å². The van der Waals surface area contributed by atoms with Crippen LogP contribution in [-0.2, 0) is 11.3 Å². The number of aromatic nitrogens is 3. The van der Waals surface area contributed by atoms with E-state index in [0.29, 0.717) is 18.4 Å². The molecular formula is C17H23N5OS. The first kappa shape index (κ1) is 17.0. The molecule has 1 fully saturated rings. The van der Waals surface area contributed by atoms with Crippen LogP contribution < -0.4 is 5.32 Å². The van der Waals surface area contributed by atoms with Gasteiger partial charge in [0.2, 0.25) is 5.91 Å². The van der Waals surface area contributed by atoms with Crippen molar-refractivity contribution in [3.63, 3.8) is 0 Å². The highest BCUT2D eigenvalue weighted by molar-refractivity contribution is 7.13. The second kappa shape index (κ2) is 7.81. The fourth-order valence-corrected chi connectivity index (χ4v) is 3.68. The summed E-state index contributed by atoms with van der Waals surface area (Å²) in [5, 5.41) is 5.76. The molecule has 1 N–H and O–H groups in total. The maximum absolute atomic E-state index is 12.4. The number of piperidine rings is 1. The Balaban J connectivity index is 1.54. The van der Waals surface area contributed by atoms with E-state index in [1.54, 1.807) is 18.5 Å². The summed E-state index contributed by atoms with van der Waals surface area (Å²) >= 11 is 1.50. The lowest BCUT2D eigenvalue weighted by Gasteiger charge is -2.34. The molecule has 0 saturated carbocycles. The highest BCUT2D eigenvalue weighted by Gasteiger charge is 2.26. The van der Waals surface area contributed by atoms with Gasteiger partial charge in [-0.05, 0) is 39.3 Å². The molecule has 0 unspecified atom stereocenters. The zero-order valence-corrected chi connectivity index (χ0v) is 14.9. The number of hydrogen-bond donors (Lipinski definition) is 1. The highest BCUT2D eigenvalue weighted by atomic mass is 32.1. The van der Waals surface area contributed by atoms with Gasteiger partial charge in [-0.3, -0.25) is 4.79 Å². The molecule has 6 nitrogen and oxygen atoms in total. The number of likely N-dealkylation sites (tertiary alicyclic amines) is 1. The van der Waals surface area contributed by atoms with Crippen LogP contribution in [0, 0.1) is 5.92 Å². The Bertz CT molecular complexity index is 673. The second-order valence-electron chi connectivity index (χ2n) is 6.36. The molecule has 3 rings (SSSR count). The summed E-state index contributed by atoms with van der Waals surface area (Å²) in [5.41, 5.74) is 0.854. The van der Waals surface area contributed by atoms with Crippen molar-refractivity contribution in [2.24, 2.45) is 5.92 Å². The largest absolute Gasteiger partial charge is 0.350 e. The Morgan fingerprint density at radius 1 is 1.42 bits per heavy atom. The van der Waals surface area contributed by atoms with E-state index >= 15 is 0 Å². The van der Waals surface area contributed by atoms with Crippen LogP contribution in [0.5, 0.6) is 0 Å². The first-order valence-corrected chi connectivity index (χ1v) is 9.25. The lowest BCUT2D eigenvalue weighted by Crippen LogP contribution is -2.45. The third kappa shape index (κ3) is 4.15. The van der Waals surface area contributed by atoms with Gasteiger partial charge in [-0.2, -0.15) is 0 Å². The van der Waals surface area contributed by atoms with Crippen LogP contribution in [0.1, 0.15) is 32.4 Å². The molecule has 1 saturated heterocycles. The van der Waals surface area contributed by atoms with Crippen molar-refractivity contribution in [2.45, 2.75) is 39.3 Å². The third-order valence-corrected chi connectivity index (χ3v) is 5.19. The Kier molecular flexibility index (Phi) is 5.52. The van der Waals surface area contributed by atoms with Crippen molar-refractivity contribution in [1.82, 2.24) is 25.2 Å². The zero-order chi connectivity index (χ0) is 16.9. The molecule has 0 radical (unpaired) electrons. The van der Waals surface area contributed by atoms with E-state index in [2.05, 4.69) is 39.0 Å². The van der Waals surface area contributed by atoms with E-state index in [4.69, 9.17) is 0 Å². The van der Waals surface area contributed by atoms with Gasteiger partial charge in [-0.25, -0.2) is 15.0 Å². The first-order chi connectivity index (χ1) is 11.6. The van der Waals surface area contributed by atoms with Gasteiger partial charge in [0, 0.05) is 30.4 Å². The average molecular weight is 345 g/mol. The highest BCUT2D eigenvalue weighted by Crippen LogP contribution is 2.21. The average Bonchev–Trinajstić information content (AvgIpc) is 3.09. The van der Waals surface area contributed by atoms with Crippen LogP contribution in [0.3, 0.4) is 0 Å². The van der Waals surface area contributed by atoms with Crippen LogP contribution in [-0.4, -0.2) is 44.9 Å². The van der Waals surface area contributed by atoms with Crippen LogP contribution in [0.2, 0.25) is 0 Å². The van der Waals surface area contributed by atoms with Crippen molar-refractivity contribution >= 4 is 17.2 Å². The fraction of sp³-hybridized carbons (Fsp3) is 0.529. The Morgan fingerprint density at radius 2 is 2.21 bits per heavy atom. The predicted molar refractivity (Wildman–Crippen MR) is 94.4 cm³/mol. The number of hydrogen-bond acceptors (Lipinski definition) is 6. The van der Waals surface area contributed by atoms with Gasteiger partial charge in [-0.15, -0.1) is 11.3 Å². The van der Waals surface area contributed by atoms with Crippen molar-refractivity contribution in [3.8, 4) is 10.8 Å². The van der Waals surface area contributed by atoms with Crippen molar-refractivity contribution in [3.05, 3.63) is 29.5 Å². The zero-order valence-electron chi connectivity index (χ0n) is 14.1. The molecule has 0 bridgehead atoms. The van der Waals surface area contributed by atoms with E-state index < -0.39 is 0 Å². The van der Waals surface area contributed by atoms with Crippen LogP contribution in [0.4, 0.5) is 0 Å². The number of carbonyl (C=O) groups excluding carboxylic acids is 1. The molecular weight excluding hydrogens is 322 g/mol. The Labute approximate surface area is 146 Å². The normalized spacial score (nSPS) is 18.7. The topological polar surface area (TPSA) is 71.0 Å². The number of carbonyl (C=O) groups is 1. The minimum absolute atomic E-state index is 0.0803. The monoisotopic (exact) mass is 345 g/mol. The van der Waals surface area contributed by atoms with Crippen molar-refractivity contribution < 1.29 is 4.79 Å². The lowest BCUT2D eigenvalue weighted by molar-refractivity contribution is -0.127. The third-order valence-electron chi connectivity index (χ3n) is 4.31. The van der Waals surface area contributed by atoms with E-state index in [9.17, 15) is 4.79 Å². The number of thiazole rings is 1. The summed E-state index contributed by atoms with van der Waals surface area (Å²) in [6.45, 7) is 6.77. The van der Waals surface area contributed by atoms with Gasteiger partial charge in [0.05, 0.1) is 18.2 Å². The Hall–Kier alpha value is -1.86. The Morgan fingerprint density at radius 3 is 2.96 bits per heavy atom. The molecule has 1 aliphatic rings. The number of amides is 1. The van der Waals surface area contributed by atoms with Crippen LogP contribution in [0.15, 0.2) is 23.8 Å². The van der Waals surface area contributed by atoms with Crippen LogP contribution in [0.25, 0.3) is 10.8 Å². The van der Waals surface area contributed by atoms with Gasteiger partial charge in [0.25, 0.3) is 0 Å². The molecule has 3 heterocycles. The predicted octanol–water partition coefficient (Wildman–Crippen LogP) is 2.34. The minimum atomic E-state index is 0.0803. The summed E-state index contributed by atoms with van der Waals surface area (Å²) in [4.78, 5) is 27.7. The molecule has 7 heteroatoms. The second-order valence-corrected chi connectivity index (χ2v) is 7.22. The lowest BCUT2D eigenvalue weighted by atomic mass is 9.96. The molecule has 1 aliphatic heterocycles. The summed E-state index contributed by atoms with van der Waals surface area (Å²) in [7, 11) is 0. The summed E-state index contributed by atoms with van der Waals surface area (Å²) in [6, 6.07) is 2.27. The maximum atomic E-state index is 12.4. The number of rotatable bonds is 5. The molecule has 0 aromatic carbocycles. The van der Waals surface area contributed by atoms with Crippen molar-refractivity contribution in [1.29, 1.82) is 0 Å². The van der Waals surface area contributed by atoms with E-state index in [-0.39, 0.29) is 11.8 Å². The SMILES string of the molecule is CC(C)N1CCC[C@H](C(=O)NCc2csc(-c3ncccn3)n2)C1. The van der Waals surface area contributed by atoms with Gasteiger partial charge < -0.3 is 10.2 Å². The molecule has 24 heavy (non-hydrogen) atoms. The van der Waals surface area contributed by atoms with Gasteiger partial charge in [0.1, 0.15) is 0 Å². The van der Waals surface area contributed by atoms with Crippen LogP contribution >= 0.6 is 11.3 Å². The van der Waals surface area contributed by atoms with Crippen molar-refractivity contribution in [2.75, 3.05) is 13.1 Å². The number of nitrogens with zero attached hydrogens (tertiary/aromatic N) is 4. The molecule has 2 aromatic heterocycles. The number of nitrogens with one attached hydrogen (secondary N) is 1. The minimum Gasteiger partial charge on any atom is -0.350 e. The molecule has 1 amide bonds. The van der Waals surface area contributed by atoms with Gasteiger partial charge in [0.15, 0.2) is 10.8 Å². The smallest absolute Gasteiger partial charge is 0.224 e. The molecule has 0 spiro atoms. The van der Waals surface area contributed by atoms with E-state index in [0.717, 1.165) is 36.6 Å². The molecule has 0 aliphatic carbocycles. The summed E-state index contributed by atoms with van der Waals surface area (Å²) in [5.74, 6) is 0.836. The first-order valence-electron chi connectivity index (χ1n) is 8.37. The summed E-state index contributed by atoms with van der Waals surface area (Å²) < 4.78 is 0. The standard InChI is InChI=1S/C17H23N5OS/c1-12(2)22-8-3-5-13(10-22)16(23)20-9-14-11-24-17(21-14)15-18-6-4-7-19-15/h4,6-7,11-13H,3,5,8-10H2,1-2H3,(H,20,23)/t13-/m0/s1. The quantitative estimate of drug-likeness (QED) is 0.900. The summed E-state index contributed by atoms with van der Waals surface area (Å²) in [6.07, 6.45) is 5.46. The van der Waals surface area contributed by atoms with Gasteiger partial charge in [-0.1, -0.05) is 0 Å². The maximum Gasteiger partial charge on any atom is 0.224 e. The molecule has 128 valence electrons. The van der Waals surface area contributed by atoms with E-state index in [1.807, 2.05) is 5.38 Å². The fourth-order valence-electron chi connectivity index (χ4n) is 2.91.